The maximum absolute atomic E-state index is 11.4. The Hall–Kier alpha value is 0.532. The summed E-state index contributed by atoms with van der Waals surface area (Å²) in [5.74, 6) is 0. The molecule has 3 fully saturated rings. The molecule has 186 valence electrons. The summed E-state index contributed by atoms with van der Waals surface area (Å²) in [6.45, 7) is 2.31. The Labute approximate surface area is 201 Å². The first-order valence-electron chi connectivity index (χ1n) is 11.6. The van der Waals surface area contributed by atoms with Gasteiger partial charge in [-0.25, -0.2) is 0 Å². The Kier molecular flexibility index (Phi) is 14.0. The maximum atomic E-state index is 11.4. The fourth-order valence-electron chi connectivity index (χ4n) is 5.24. The Morgan fingerprint density at radius 1 is 0.774 bits per heavy atom. The number of alkyl halides is 3. The minimum absolute atomic E-state index is 0. The second-order valence-corrected chi connectivity index (χ2v) is 13.5. The zero-order chi connectivity index (χ0) is 22.0. The van der Waals surface area contributed by atoms with E-state index in [0.29, 0.717) is 7.92 Å². The van der Waals surface area contributed by atoms with E-state index in [1.54, 1.807) is 77.0 Å². The van der Waals surface area contributed by atoms with Crippen molar-refractivity contribution in [1.82, 2.24) is 0 Å². The van der Waals surface area contributed by atoms with Gasteiger partial charge in [0.05, 0.1) is 6.61 Å². The van der Waals surface area contributed by atoms with Crippen molar-refractivity contribution in [2.24, 2.45) is 0 Å². The van der Waals surface area contributed by atoms with Gasteiger partial charge < -0.3 is 0 Å². The van der Waals surface area contributed by atoms with Crippen molar-refractivity contribution < 1.29 is 46.2 Å². The van der Waals surface area contributed by atoms with Gasteiger partial charge in [-0.05, 0) is 55.5 Å². The summed E-state index contributed by atoms with van der Waals surface area (Å²) >= 11 is 0. The van der Waals surface area contributed by atoms with Crippen LogP contribution in [0, 0.1) is 0 Å². The molecule has 3 aliphatic rings. The summed E-state index contributed by atoms with van der Waals surface area (Å²) in [5, 5.41) is 0. The molecule has 0 saturated heterocycles. The first kappa shape index (κ1) is 29.6. The van der Waals surface area contributed by atoms with Crippen molar-refractivity contribution >= 4 is 18.0 Å². The number of hydrogen-bond donors (Lipinski definition) is 0. The molecule has 3 saturated carbocycles. The van der Waals surface area contributed by atoms with Crippen LogP contribution >= 0.6 is 7.92 Å². The van der Waals surface area contributed by atoms with Crippen LogP contribution in [-0.2, 0) is 34.7 Å². The molecule has 3 rings (SSSR count). The van der Waals surface area contributed by atoms with Crippen molar-refractivity contribution in [3.63, 3.8) is 0 Å². The Bertz CT molecular complexity index is 555. The summed E-state index contributed by atoms with van der Waals surface area (Å²) in [5.41, 5.74) is -1.78. The number of halogens is 3. The van der Waals surface area contributed by atoms with E-state index in [1.807, 2.05) is 0 Å². The van der Waals surface area contributed by atoms with Crippen LogP contribution in [0.15, 0.2) is 12.7 Å². The molecule has 3 nitrogen and oxygen atoms in total. The topological polar surface area (TPSA) is 43.4 Å². The molecule has 0 radical (unpaired) electrons. The van der Waals surface area contributed by atoms with Gasteiger partial charge in [0.1, 0.15) is 0 Å². The van der Waals surface area contributed by atoms with E-state index >= 15 is 0 Å². The SMILES string of the molecule is C1CCC(P(C2CCCCC2)C2CCCCC2)CC1.C=CCOS(=O)(=O)C(F)(F)F.[Pd]. The maximum Gasteiger partial charge on any atom is 0.523 e. The third-order valence-corrected chi connectivity index (χ3v) is 11.7. The molecule has 0 amide bonds. The van der Waals surface area contributed by atoms with Crippen LogP contribution in [0.1, 0.15) is 96.3 Å². The van der Waals surface area contributed by atoms with Gasteiger partial charge in [-0.2, -0.15) is 21.6 Å². The van der Waals surface area contributed by atoms with E-state index in [1.165, 1.54) is 36.2 Å². The standard InChI is InChI=1S/C18H33P.C4H5F3O3S.Pd/c1-4-10-16(11-5-1)19(17-12-6-2-7-13-17)18-14-8-3-9-15-18;1-2-3-10-11(8,9)4(5,6)7;/h16-18H,1-15H2;2H,1,3H2;. The van der Waals surface area contributed by atoms with Gasteiger partial charge in [0.25, 0.3) is 0 Å². The van der Waals surface area contributed by atoms with Crippen LogP contribution in [0.3, 0.4) is 0 Å². The molecule has 0 heterocycles. The van der Waals surface area contributed by atoms with Gasteiger partial charge in [-0.3, -0.25) is 4.18 Å². The average Bonchev–Trinajstić information content (AvgIpc) is 2.74. The molecule has 0 aromatic rings. The zero-order valence-corrected chi connectivity index (χ0v) is 21.6. The molecular weight excluding hydrogens is 539 g/mol. The van der Waals surface area contributed by atoms with Crippen molar-refractivity contribution in [1.29, 1.82) is 0 Å². The van der Waals surface area contributed by atoms with Gasteiger partial charge in [0.2, 0.25) is 0 Å². The van der Waals surface area contributed by atoms with Crippen molar-refractivity contribution in [3.8, 4) is 0 Å². The van der Waals surface area contributed by atoms with Crippen molar-refractivity contribution in [2.45, 2.75) is 119 Å². The van der Waals surface area contributed by atoms with E-state index in [2.05, 4.69) is 10.8 Å². The van der Waals surface area contributed by atoms with Crippen molar-refractivity contribution in [2.75, 3.05) is 6.61 Å². The molecule has 9 heteroatoms. The minimum atomic E-state index is -5.43. The van der Waals surface area contributed by atoms with Gasteiger partial charge >= 0.3 is 15.6 Å². The third kappa shape index (κ3) is 9.73. The van der Waals surface area contributed by atoms with Gasteiger partial charge in [0, 0.05) is 20.4 Å². The van der Waals surface area contributed by atoms with E-state index in [9.17, 15) is 21.6 Å². The van der Waals surface area contributed by atoms with E-state index in [-0.39, 0.29) is 20.4 Å². The monoisotopic (exact) mass is 576 g/mol. The normalized spacial score (nSPS) is 22.3. The Morgan fingerprint density at radius 2 is 1.10 bits per heavy atom. The smallest absolute Gasteiger partial charge is 0.259 e. The summed E-state index contributed by atoms with van der Waals surface area (Å²) in [4.78, 5) is 0. The van der Waals surface area contributed by atoms with Crippen LogP contribution in [0.4, 0.5) is 13.2 Å². The molecule has 0 unspecified atom stereocenters. The first-order valence-corrected chi connectivity index (χ1v) is 14.6. The van der Waals surface area contributed by atoms with Gasteiger partial charge in [-0.15, -0.1) is 6.58 Å². The molecule has 0 spiro atoms. The molecule has 0 atom stereocenters. The molecule has 0 aromatic heterocycles. The number of rotatable bonds is 6. The van der Waals surface area contributed by atoms with Crippen LogP contribution < -0.4 is 0 Å². The first-order chi connectivity index (χ1) is 14.3. The van der Waals surface area contributed by atoms with Crippen LogP contribution in [0.5, 0.6) is 0 Å². The molecular formula is C22H38F3O3PPdS. The second-order valence-electron chi connectivity index (χ2n) is 8.80. The zero-order valence-electron chi connectivity index (χ0n) is 18.4. The Balaban J connectivity index is 0.000000349. The molecule has 0 bridgehead atoms. The van der Waals surface area contributed by atoms with E-state index in [4.69, 9.17) is 0 Å². The third-order valence-electron chi connectivity index (χ3n) is 6.61. The van der Waals surface area contributed by atoms with E-state index < -0.39 is 22.2 Å². The van der Waals surface area contributed by atoms with Crippen LogP contribution in [0.2, 0.25) is 0 Å². The Morgan fingerprint density at radius 3 is 1.35 bits per heavy atom. The van der Waals surface area contributed by atoms with Crippen LogP contribution in [-0.4, -0.2) is 37.5 Å². The summed E-state index contributed by atoms with van der Waals surface area (Å²) in [7, 11) is -5.05. The molecule has 0 aliphatic heterocycles. The summed E-state index contributed by atoms with van der Waals surface area (Å²) in [6, 6.07) is 0. The summed E-state index contributed by atoms with van der Waals surface area (Å²) < 4.78 is 57.7. The van der Waals surface area contributed by atoms with E-state index in [0.717, 1.165) is 6.08 Å². The fourth-order valence-corrected chi connectivity index (χ4v) is 10.3. The number of hydrogen-bond acceptors (Lipinski definition) is 3. The summed E-state index contributed by atoms with van der Waals surface area (Å²) in [6.07, 6.45) is 24.5. The fraction of sp³-hybridized carbons (Fsp3) is 0.909. The largest absolute Gasteiger partial charge is 0.523 e. The second kappa shape index (κ2) is 14.7. The minimum Gasteiger partial charge on any atom is -0.259 e. The quantitative estimate of drug-likeness (QED) is 0.108. The average molecular weight is 577 g/mol. The predicted octanol–water partition coefficient (Wildman–Crippen LogP) is 7.50. The molecule has 31 heavy (non-hydrogen) atoms. The van der Waals surface area contributed by atoms with Gasteiger partial charge in [-0.1, -0.05) is 71.8 Å². The predicted molar refractivity (Wildman–Crippen MR) is 119 cm³/mol. The van der Waals surface area contributed by atoms with Crippen molar-refractivity contribution in [3.05, 3.63) is 12.7 Å². The molecule has 3 aliphatic carbocycles. The molecule has 0 aromatic carbocycles. The van der Waals surface area contributed by atoms with Crippen LogP contribution in [0.25, 0.3) is 0 Å². The molecule has 0 N–H and O–H groups in total. The van der Waals surface area contributed by atoms with Gasteiger partial charge in [0.15, 0.2) is 0 Å².